The molecular weight excluding hydrogens is 296 g/mol. The van der Waals surface area contributed by atoms with Crippen molar-refractivity contribution >= 4 is 26.6 Å². The molecule has 0 fully saturated rings. The molecule has 5 heteroatoms. The molecule has 2 aromatic heterocycles. The zero-order valence-electron chi connectivity index (χ0n) is 12.3. The largest absolute Gasteiger partial charge is 0.492 e. The molecule has 22 heavy (non-hydrogen) atoms. The van der Waals surface area contributed by atoms with E-state index in [1.807, 2.05) is 43.5 Å². The Hall–Kier alpha value is -2.27. The Bertz CT molecular complexity index is 987. The summed E-state index contributed by atoms with van der Waals surface area (Å²) in [6.07, 6.45) is 4.46. The minimum Gasteiger partial charge on any atom is -0.492 e. The maximum Gasteiger partial charge on any atom is 0.139 e. The van der Waals surface area contributed by atoms with Crippen LogP contribution < -0.4 is 4.74 Å². The third-order valence-electron chi connectivity index (χ3n) is 4.05. The first-order valence-corrected chi connectivity index (χ1v) is 8.82. The molecule has 1 atom stereocenters. The number of hydrogen-bond donors (Lipinski definition) is 0. The number of rotatable bonds is 2. The summed E-state index contributed by atoms with van der Waals surface area (Å²) in [6.45, 7) is 2.60. The van der Waals surface area contributed by atoms with Gasteiger partial charge in [0.1, 0.15) is 5.75 Å². The van der Waals surface area contributed by atoms with E-state index in [1.165, 1.54) is 0 Å². The van der Waals surface area contributed by atoms with E-state index in [-0.39, 0.29) is 0 Å². The van der Waals surface area contributed by atoms with Gasteiger partial charge in [0.05, 0.1) is 32.2 Å². The van der Waals surface area contributed by atoms with E-state index in [4.69, 9.17) is 4.74 Å². The first-order chi connectivity index (χ1) is 10.6. The number of ether oxygens (including phenoxy) is 1. The number of pyridine rings is 1. The van der Waals surface area contributed by atoms with Crippen molar-refractivity contribution in [2.24, 2.45) is 0 Å². The first-order valence-electron chi connectivity index (χ1n) is 7.14. The standard InChI is InChI=1S/C17H16N2O2S/c1-12-11-19(14-6-4-9-18-16(12)14)22(2,20)15-7-3-5-13-8-10-21-17(13)15/h3-7,9,11H,2,8,10H2,1H3. The summed E-state index contributed by atoms with van der Waals surface area (Å²) in [5.74, 6) is 4.76. The quantitative estimate of drug-likeness (QED) is 0.684. The highest BCUT2D eigenvalue weighted by Gasteiger charge is 2.24. The molecule has 4 nitrogen and oxygen atoms in total. The smallest absolute Gasteiger partial charge is 0.139 e. The summed E-state index contributed by atoms with van der Waals surface area (Å²) in [4.78, 5) is 5.03. The molecule has 0 spiro atoms. The number of aryl methyl sites for hydroxylation is 1. The maximum absolute atomic E-state index is 13.5. The fraction of sp³-hybridized carbons (Fsp3) is 0.176. The minimum absolute atomic E-state index is 0.634. The Morgan fingerprint density at radius 2 is 2.18 bits per heavy atom. The van der Waals surface area contributed by atoms with Crippen molar-refractivity contribution in [1.29, 1.82) is 0 Å². The number of nitrogens with zero attached hydrogens (tertiary/aromatic N) is 2. The molecule has 1 aromatic carbocycles. The molecule has 4 rings (SSSR count). The fourth-order valence-corrected chi connectivity index (χ4v) is 4.75. The molecule has 0 amide bonds. The summed E-state index contributed by atoms with van der Waals surface area (Å²) in [6, 6.07) is 9.55. The number of hydrogen-bond acceptors (Lipinski definition) is 3. The predicted molar refractivity (Wildman–Crippen MR) is 89.0 cm³/mol. The second-order valence-electron chi connectivity index (χ2n) is 5.49. The highest BCUT2D eigenvalue weighted by atomic mass is 32.2. The van der Waals surface area contributed by atoms with E-state index in [1.54, 1.807) is 10.2 Å². The molecule has 1 aliphatic rings. The van der Waals surface area contributed by atoms with Crippen LogP contribution in [0.5, 0.6) is 5.75 Å². The van der Waals surface area contributed by atoms with Crippen LogP contribution >= 0.6 is 0 Å². The lowest BCUT2D eigenvalue weighted by molar-refractivity contribution is 0.349. The average molecular weight is 312 g/mol. The van der Waals surface area contributed by atoms with E-state index in [9.17, 15) is 4.21 Å². The molecule has 1 aliphatic heterocycles. The van der Waals surface area contributed by atoms with Crippen LogP contribution in [0.25, 0.3) is 11.0 Å². The molecule has 0 bridgehead atoms. The van der Waals surface area contributed by atoms with Gasteiger partial charge in [0.25, 0.3) is 0 Å². The number of aromatic nitrogens is 2. The Morgan fingerprint density at radius 1 is 1.32 bits per heavy atom. The Kier molecular flexibility index (Phi) is 2.81. The van der Waals surface area contributed by atoms with Crippen molar-refractivity contribution in [3.8, 4) is 5.75 Å². The normalized spacial score (nSPS) is 16.2. The molecule has 1 unspecified atom stereocenters. The summed E-state index contributed by atoms with van der Waals surface area (Å²) >= 11 is 0. The SMILES string of the molecule is C=S(=O)(c1cccc2c1OCC2)n1cc(C)c2ncccc21. The van der Waals surface area contributed by atoms with Gasteiger partial charge in [0, 0.05) is 18.8 Å². The van der Waals surface area contributed by atoms with Crippen molar-refractivity contribution in [2.45, 2.75) is 18.2 Å². The van der Waals surface area contributed by atoms with Gasteiger partial charge in [0.2, 0.25) is 0 Å². The summed E-state index contributed by atoms with van der Waals surface area (Å²) in [7, 11) is -2.72. The van der Waals surface area contributed by atoms with Gasteiger partial charge in [-0.1, -0.05) is 12.1 Å². The predicted octanol–water partition coefficient (Wildman–Crippen LogP) is 2.82. The van der Waals surface area contributed by atoms with Gasteiger partial charge >= 0.3 is 0 Å². The van der Waals surface area contributed by atoms with Crippen LogP contribution in [0.4, 0.5) is 0 Å². The molecule has 0 saturated carbocycles. The van der Waals surface area contributed by atoms with E-state index < -0.39 is 9.71 Å². The van der Waals surface area contributed by atoms with Gasteiger partial charge in [-0.2, -0.15) is 0 Å². The van der Waals surface area contributed by atoms with Crippen LogP contribution in [0.3, 0.4) is 0 Å². The van der Waals surface area contributed by atoms with Gasteiger partial charge in [-0.3, -0.25) is 8.96 Å². The highest BCUT2D eigenvalue weighted by Crippen LogP contribution is 2.35. The van der Waals surface area contributed by atoms with Crippen LogP contribution in [-0.4, -0.2) is 25.6 Å². The van der Waals surface area contributed by atoms with Crippen molar-refractivity contribution in [2.75, 3.05) is 6.61 Å². The van der Waals surface area contributed by atoms with Crippen molar-refractivity contribution in [3.63, 3.8) is 0 Å². The zero-order valence-corrected chi connectivity index (χ0v) is 13.1. The van der Waals surface area contributed by atoms with Gasteiger partial charge in [-0.15, -0.1) is 0 Å². The molecular formula is C17H16N2O2S. The van der Waals surface area contributed by atoms with Crippen LogP contribution in [-0.2, 0) is 16.1 Å². The Labute approximate surface area is 129 Å². The van der Waals surface area contributed by atoms with Gasteiger partial charge in [0.15, 0.2) is 0 Å². The Morgan fingerprint density at radius 3 is 3.05 bits per heavy atom. The average Bonchev–Trinajstić information content (AvgIpc) is 3.12. The zero-order chi connectivity index (χ0) is 15.3. The van der Waals surface area contributed by atoms with Crippen LogP contribution in [0.15, 0.2) is 47.6 Å². The van der Waals surface area contributed by atoms with Gasteiger partial charge < -0.3 is 4.74 Å². The monoisotopic (exact) mass is 312 g/mol. The van der Waals surface area contributed by atoms with Gasteiger partial charge in [-0.25, -0.2) is 4.21 Å². The van der Waals surface area contributed by atoms with Crippen LogP contribution in [0, 0.1) is 6.92 Å². The summed E-state index contributed by atoms with van der Waals surface area (Å²) < 4.78 is 21.0. The molecule has 112 valence electrons. The third-order valence-corrected chi connectivity index (χ3v) is 5.99. The van der Waals surface area contributed by atoms with Crippen molar-refractivity contribution < 1.29 is 8.95 Å². The van der Waals surface area contributed by atoms with E-state index in [2.05, 4.69) is 10.9 Å². The van der Waals surface area contributed by atoms with E-state index >= 15 is 0 Å². The molecule has 0 N–H and O–H groups in total. The molecule has 3 aromatic rings. The Balaban J connectivity index is 2.00. The van der Waals surface area contributed by atoms with Crippen LogP contribution in [0.2, 0.25) is 0 Å². The summed E-state index contributed by atoms with van der Waals surface area (Å²) in [5.41, 5.74) is 3.77. The fourth-order valence-electron chi connectivity index (χ4n) is 2.97. The summed E-state index contributed by atoms with van der Waals surface area (Å²) in [5, 5.41) is 0. The lowest BCUT2D eigenvalue weighted by atomic mass is 10.2. The second-order valence-corrected chi connectivity index (χ2v) is 7.61. The van der Waals surface area contributed by atoms with Crippen molar-refractivity contribution in [3.05, 3.63) is 53.9 Å². The van der Waals surface area contributed by atoms with E-state index in [0.717, 1.165) is 34.3 Å². The van der Waals surface area contributed by atoms with Crippen molar-refractivity contribution in [1.82, 2.24) is 8.96 Å². The van der Waals surface area contributed by atoms with Gasteiger partial charge in [-0.05, 0) is 42.1 Å². The van der Waals surface area contributed by atoms with E-state index in [0.29, 0.717) is 11.5 Å². The molecule has 0 aliphatic carbocycles. The molecule has 0 saturated heterocycles. The minimum atomic E-state index is -2.72. The molecule has 0 radical (unpaired) electrons. The first kappa shape index (κ1) is 13.4. The topological polar surface area (TPSA) is 44.1 Å². The lowest BCUT2D eigenvalue weighted by Crippen LogP contribution is -2.12. The molecule has 3 heterocycles. The highest BCUT2D eigenvalue weighted by molar-refractivity contribution is 7.99. The number of benzene rings is 1. The number of para-hydroxylation sites is 1. The lowest BCUT2D eigenvalue weighted by Gasteiger charge is -2.15. The maximum atomic E-state index is 13.5. The second kappa shape index (κ2) is 4.61. The number of fused-ring (bicyclic) bond motifs is 2. The third kappa shape index (κ3) is 1.78. The van der Waals surface area contributed by atoms with Crippen LogP contribution in [0.1, 0.15) is 11.1 Å².